The Labute approximate surface area is 145 Å². The lowest BCUT2D eigenvalue weighted by atomic mass is 9.95. The zero-order chi connectivity index (χ0) is 17.6. The Morgan fingerprint density at radius 1 is 1.24 bits per heavy atom. The van der Waals surface area contributed by atoms with Crippen LogP contribution in [0.5, 0.6) is 17.2 Å². The topological polar surface area (TPSA) is 56.8 Å². The number of amides is 1. The van der Waals surface area contributed by atoms with Crippen molar-refractivity contribution in [2.75, 3.05) is 26.9 Å². The summed E-state index contributed by atoms with van der Waals surface area (Å²) in [6, 6.07) is 11.8. The Morgan fingerprint density at radius 3 is 2.84 bits per heavy atom. The fourth-order valence-corrected chi connectivity index (χ4v) is 2.76. The quantitative estimate of drug-likeness (QED) is 0.818. The minimum Gasteiger partial charge on any atom is -0.493 e. The van der Waals surface area contributed by atoms with Crippen molar-refractivity contribution >= 4 is 5.91 Å². The van der Waals surface area contributed by atoms with E-state index in [0.29, 0.717) is 31.1 Å². The van der Waals surface area contributed by atoms with Crippen LogP contribution in [0, 0.1) is 11.7 Å². The number of methoxy groups -OCH3 is 1. The smallest absolute Gasteiger partial charge is 0.227 e. The summed E-state index contributed by atoms with van der Waals surface area (Å²) in [5, 5.41) is 2.80. The number of hydrogen-bond acceptors (Lipinski definition) is 4. The molecule has 1 aliphatic rings. The summed E-state index contributed by atoms with van der Waals surface area (Å²) in [6.45, 7) is 0.798. The lowest BCUT2D eigenvalue weighted by Crippen LogP contribution is -2.39. The lowest BCUT2D eigenvalue weighted by molar-refractivity contribution is -0.126. The van der Waals surface area contributed by atoms with E-state index in [0.717, 1.165) is 5.56 Å². The number of benzene rings is 2. The number of para-hydroxylation sites is 2. The van der Waals surface area contributed by atoms with Crippen LogP contribution >= 0.6 is 0 Å². The summed E-state index contributed by atoms with van der Waals surface area (Å²) in [4.78, 5) is 12.3. The van der Waals surface area contributed by atoms with Gasteiger partial charge < -0.3 is 19.5 Å². The molecule has 1 atom stereocenters. The highest BCUT2D eigenvalue weighted by atomic mass is 19.1. The molecule has 25 heavy (non-hydrogen) atoms. The van der Waals surface area contributed by atoms with E-state index in [-0.39, 0.29) is 24.2 Å². The fourth-order valence-electron chi connectivity index (χ4n) is 2.76. The van der Waals surface area contributed by atoms with E-state index in [4.69, 9.17) is 14.2 Å². The van der Waals surface area contributed by atoms with Gasteiger partial charge in [-0.1, -0.05) is 24.3 Å². The van der Waals surface area contributed by atoms with Crippen molar-refractivity contribution in [3.8, 4) is 17.2 Å². The molecule has 5 nitrogen and oxygen atoms in total. The lowest BCUT2D eigenvalue weighted by Gasteiger charge is -2.25. The number of carbonyl (C=O) groups excluding carboxylic acids is 1. The third-order valence-corrected chi connectivity index (χ3v) is 4.04. The number of hydrogen-bond donors (Lipinski definition) is 1. The molecule has 0 aliphatic carbocycles. The van der Waals surface area contributed by atoms with Gasteiger partial charge in [-0.15, -0.1) is 0 Å². The average Bonchev–Trinajstić information content (AvgIpc) is 2.65. The van der Waals surface area contributed by atoms with Gasteiger partial charge in [-0.25, -0.2) is 4.39 Å². The molecular weight excluding hydrogens is 325 g/mol. The third-order valence-electron chi connectivity index (χ3n) is 4.04. The number of carbonyl (C=O) groups is 1. The maximum atomic E-state index is 13.4. The van der Waals surface area contributed by atoms with E-state index in [1.54, 1.807) is 25.3 Å². The van der Waals surface area contributed by atoms with E-state index in [1.165, 1.54) is 6.07 Å². The zero-order valence-electron chi connectivity index (χ0n) is 14.0. The maximum Gasteiger partial charge on any atom is 0.227 e. The molecule has 1 heterocycles. The standard InChI is InChI=1S/C19H20FNO4/c1-23-17-8-4-5-13-11-14(12-25-18(13)17)19(22)21-9-10-24-16-7-3-2-6-15(16)20/h2-8,14H,9-12H2,1H3,(H,21,22)/t14-/m1/s1. The SMILES string of the molecule is COc1cccc2c1OC[C@H](C(=O)NCCOc1ccccc1F)C2. The first kappa shape index (κ1) is 17.1. The second kappa shape index (κ2) is 7.88. The molecule has 0 saturated heterocycles. The van der Waals surface area contributed by atoms with Gasteiger partial charge in [0.1, 0.15) is 13.2 Å². The summed E-state index contributed by atoms with van der Waals surface area (Å²) in [7, 11) is 1.59. The number of rotatable bonds is 6. The van der Waals surface area contributed by atoms with E-state index in [9.17, 15) is 9.18 Å². The molecule has 0 saturated carbocycles. The Balaban J connectivity index is 1.48. The van der Waals surface area contributed by atoms with Crippen LogP contribution in [0.1, 0.15) is 5.56 Å². The summed E-state index contributed by atoms with van der Waals surface area (Å²) in [6.07, 6.45) is 0.590. The molecule has 1 amide bonds. The predicted molar refractivity (Wildman–Crippen MR) is 90.6 cm³/mol. The maximum absolute atomic E-state index is 13.4. The Kier molecular flexibility index (Phi) is 5.38. The van der Waals surface area contributed by atoms with Gasteiger partial charge in [-0.2, -0.15) is 0 Å². The minimum atomic E-state index is -0.417. The van der Waals surface area contributed by atoms with Crippen LogP contribution in [0.4, 0.5) is 4.39 Å². The first-order valence-corrected chi connectivity index (χ1v) is 8.12. The van der Waals surface area contributed by atoms with Gasteiger partial charge in [0, 0.05) is 0 Å². The van der Waals surface area contributed by atoms with Crippen molar-refractivity contribution in [2.24, 2.45) is 5.92 Å². The number of fused-ring (bicyclic) bond motifs is 1. The molecule has 0 aromatic heterocycles. The van der Waals surface area contributed by atoms with Gasteiger partial charge in [0.15, 0.2) is 23.1 Å². The van der Waals surface area contributed by atoms with Crippen LogP contribution in [0.15, 0.2) is 42.5 Å². The molecule has 0 bridgehead atoms. The van der Waals surface area contributed by atoms with Gasteiger partial charge in [0.2, 0.25) is 5.91 Å². The highest BCUT2D eigenvalue weighted by Gasteiger charge is 2.27. The van der Waals surface area contributed by atoms with Crippen molar-refractivity contribution in [3.05, 3.63) is 53.8 Å². The molecule has 0 spiro atoms. The second-order valence-corrected chi connectivity index (χ2v) is 5.73. The molecule has 6 heteroatoms. The summed E-state index contributed by atoms with van der Waals surface area (Å²) < 4.78 is 29.7. The van der Waals surface area contributed by atoms with Gasteiger partial charge >= 0.3 is 0 Å². The van der Waals surface area contributed by atoms with Gasteiger partial charge in [0.25, 0.3) is 0 Å². The van der Waals surface area contributed by atoms with Crippen molar-refractivity contribution in [1.29, 1.82) is 0 Å². The van der Waals surface area contributed by atoms with Crippen LogP contribution in [-0.4, -0.2) is 32.8 Å². The Morgan fingerprint density at radius 2 is 2.04 bits per heavy atom. The highest BCUT2D eigenvalue weighted by molar-refractivity contribution is 5.79. The van der Waals surface area contributed by atoms with Crippen molar-refractivity contribution in [1.82, 2.24) is 5.32 Å². The van der Waals surface area contributed by atoms with Crippen molar-refractivity contribution in [2.45, 2.75) is 6.42 Å². The molecule has 132 valence electrons. The molecule has 3 rings (SSSR count). The zero-order valence-corrected chi connectivity index (χ0v) is 14.0. The van der Waals surface area contributed by atoms with Crippen LogP contribution < -0.4 is 19.5 Å². The van der Waals surface area contributed by atoms with Crippen LogP contribution in [0.2, 0.25) is 0 Å². The molecule has 2 aromatic carbocycles. The van der Waals surface area contributed by atoms with Crippen molar-refractivity contribution in [3.63, 3.8) is 0 Å². The van der Waals surface area contributed by atoms with Crippen LogP contribution in [0.3, 0.4) is 0 Å². The molecule has 0 unspecified atom stereocenters. The first-order valence-electron chi connectivity index (χ1n) is 8.12. The van der Waals surface area contributed by atoms with Crippen molar-refractivity contribution < 1.29 is 23.4 Å². The number of halogens is 1. The number of nitrogens with one attached hydrogen (secondary N) is 1. The largest absolute Gasteiger partial charge is 0.493 e. The summed E-state index contributed by atoms with van der Waals surface area (Å²) in [5.74, 6) is 0.768. The van der Waals surface area contributed by atoms with Gasteiger partial charge in [0.05, 0.1) is 19.6 Å². The summed E-state index contributed by atoms with van der Waals surface area (Å²) in [5.41, 5.74) is 0.952. The minimum absolute atomic E-state index is 0.106. The predicted octanol–water partition coefficient (Wildman–Crippen LogP) is 2.58. The second-order valence-electron chi connectivity index (χ2n) is 5.73. The highest BCUT2D eigenvalue weighted by Crippen LogP contribution is 2.35. The Hall–Kier alpha value is -2.76. The molecule has 0 fully saturated rings. The molecule has 0 radical (unpaired) electrons. The van der Waals surface area contributed by atoms with Crippen LogP contribution in [0.25, 0.3) is 0 Å². The molecule has 1 aliphatic heterocycles. The van der Waals surface area contributed by atoms with Gasteiger partial charge in [-0.05, 0) is 30.2 Å². The van der Waals surface area contributed by atoms with Crippen LogP contribution in [-0.2, 0) is 11.2 Å². The van der Waals surface area contributed by atoms with E-state index < -0.39 is 5.82 Å². The normalized spacial score (nSPS) is 15.7. The number of ether oxygens (including phenoxy) is 3. The van der Waals surface area contributed by atoms with E-state index in [1.807, 2.05) is 18.2 Å². The fraction of sp³-hybridized carbons (Fsp3) is 0.316. The van der Waals surface area contributed by atoms with E-state index in [2.05, 4.69) is 5.32 Å². The monoisotopic (exact) mass is 345 g/mol. The summed E-state index contributed by atoms with van der Waals surface area (Å²) >= 11 is 0. The Bertz CT molecular complexity index is 750. The molecule has 1 N–H and O–H groups in total. The van der Waals surface area contributed by atoms with E-state index >= 15 is 0 Å². The van der Waals surface area contributed by atoms with Gasteiger partial charge in [-0.3, -0.25) is 4.79 Å². The molecular formula is C19H20FNO4. The third kappa shape index (κ3) is 4.02. The molecule has 2 aromatic rings. The first-order chi connectivity index (χ1) is 12.2. The average molecular weight is 345 g/mol.